The van der Waals surface area contributed by atoms with Crippen molar-refractivity contribution in [1.82, 2.24) is 10.6 Å². The second-order valence-corrected chi connectivity index (χ2v) is 5.04. The molecule has 5 nitrogen and oxygen atoms in total. The number of methoxy groups -OCH3 is 1. The van der Waals surface area contributed by atoms with Crippen LogP contribution in [0.4, 0.5) is 0 Å². The molecule has 0 aliphatic carbocycles. The summed E-state index contributed by atoms with van der Waals surface area (Å²) in [5, 5.41) is 6.13. The van der Waals surface area contributed by atoms with Gasteiger partial charge in [0.2, 0.25) is 0 Å². The summed E-state index contributed by atoms with van der Waals surface area (Å²) in [6, 6.07) is 5.82. The molecule has 0 bridgehead atoms. The number of rotatable bonds is 4. The second-order valence-electron chi connectivity index (χ2n) is 5.04. The van der Waals surface area contributed by atoms with E-state index in [9.17, 15) is 4.79 Å². The molecule has 1 amide bonds. The molecule has 1 aliphatic heterocycles. The number of amides is 1. The van der Waals surface area contributed by atoms with E-state index in [0.717, 1.165) is 23.4 Å². The maximum atomic E-state index is 12.1. The second kappa shape index (κ2) is 6.72. The van der Waals surface area contributed by atoms with Gasteiger partial charge in [0.15, 0.2) is 0 Å². The van der Waals surface area contributed by atoms with Crippen molar-refractivity contribution >= 4 is 5.91 Å². The van der Waals surface area contributed by atoms with Gasteiger partial charge in [-0.25, -0.2) is 0 Å². The molecule has 0 aromatic heterocycles. The number of morpholine rings is 1. The van der Waals surface area contributed by atoms with Crippen molar-refractivity contribution in [3.8, 4) is 5.75 Å². The number of carbonyl (C=O) groups is 1. The summed E-state index contributed by atoms with van der Waals surface area (Å²) in [5.74, 6) is 0.694. The van der Waals surface area contributed by atoms with Crippen LogP contribution in [-0.4, -0.2) is 38.8 Å². The first-order valence-corrected chi connectivity index (χ1v) is 6.89. The zero-order valence-corrected chi connectivity index (χ0v) is 12.2. The first-order valence-electron chi connectivity index (χ1n) is 6.89. The standard InChI is InChI=1S/C15H22N2O3/c1-10-4-5-13(19-3)12(8-10)11(2)17-15(18)14-9-16-6-7-20-14/h4-5,8,11,14,16H,6-7,9H2,1-3H3,(H,17,18). The molecule has 2 atom stereocenters. The first kappa shape index (κ1) is 14.8. The minimum absolute atomic E-state index is 0.0896. The smallest absolute Gasteiger partial charge is 0.250 e. The van der Waals surface area contributed by atoms with Crippen molar-refractivity contribution in [2.75, 3.05) is 26.8 Å². The lowest BCUT2D eigenvalue weighted by molar-refractivity contribution is -0.134. The summed E-state index contributed by atoms with van der Waals surface area (Å²) >= 11 is 0. The summed E-state index contributed by atoms with van der Waals surface area (Å²) in [5.41, 5.74) is 2.11. The maximum Gasteiger partial charge on any atom is 0.250 e. The zero-order valence-electron chi connectivity index (χ0n) is 12.2. The van der Waals surface area contributed by atoms with Crippen LogP contribution in [0.15, 0.2) is 18.2 Å². The number of hydrogen-bond donors (Lipinski definition) is 2. The van der Waals surface area contributed by atoms with Crippen LogP contribution >= 0.6 is 0 Å². The predicted octanol–water partition coefficient (Wildman–Crippen LogP) is 1.17. The van der Waals surface area contributed by atoms with Crippen LogP contribution in [0.1, 0.15) is 24.1 Å². The fourth-order valence-corrected chi connectivity index (χ4v) is 2.31. The highest BCUT2D eigenvalue weighted by atomic mass is 16.5. The van der Waals surface area contributed by atoms with Gasteiger partial charge >= 0.3 is 0 Å². The lowest BCUT2D eigenvalue weighted by Gasteiger charge is -2.25. The Labute approximate surface area is 119 Å². The lowest BCUT2D eigenvalue weighted by Crippen LogP contribution is -2.48. The topological polar surface area (TPSA) is 59.6 Å². The van der Waals surface area contributed by atoms with Gasteiger partial charge in [-0.2, -0.15) is 0 Å². The average Bonchev–Trinajstić information content (AvgIpc) is 2.48. The molecule has 1 aromatic rings. The van der Waals surface area contributed by atoms with Crippen molar-refractivity contribution in [1.29, 1.82) is 0 Å². The number of carbonyl (C=O) groups excluding carboxylic acids is 1. The normalized spacial score (nSPS) is 20.2. The molecule has 1 heterocycles. The molecule has 5 heteroatoms. The molecule has 2 unspecified atom stereocenters. The number of aryl methyl sites for hydroxylation is 1. The Balaban J connectivity index is 2.05. The van der Waals surface area contributed by atoms with Crippen LogP contribution in [0.5, 0.6) is 5.75 Å². The molecule has 2 rings (SSSR count). The molecule has 1 saturated heterocycles. The Hall–Kier alpha value is -1.59. The SMILES string of the molecule is COc1ccc(C)cc1C(C)NC(=O)C1CNCCO1. The minimum atomic E-state index is -0.415. The Morgan fingerprint density at radius 2 is 2.35 bits per heavy atom. The van der Waals surface area contributed by atoms with Gasteiger partial charge in [-0.1, -0.05) is 17.7 Å². The van der Waals surface area contributed by atoms with Crippen molar-refractivity contribution in [3.05, 3.63) is 29.3 Å². The summed E-state index contributed by atoms with van der Waals surface area (Å²) in [6.45, 7) is 5.89. The van der Waals surface area contributed by atoms with E-state index in [1.165, 1.54) is 0 Å². The summed E-state index contributed by atoms with van der Waals surface area (Å²) in [4.78, 5) is 12.1. The Bertz CT molecular complexity index is 470. The number of nitrogens with one attached hydrogen (secondary N) is 2. The summed E-state index contributed by atoms with van der Waals surface area (Å²) in [6.07, 6.45) is -0.415. The Kier molecular flexibility index (Phi) is 4.98. The highest BCUT2D eigenvalue weighted by Gasteiger charge is 2.24. The van der Waals surface area contributed by atoms with Gasteiger partial charge in [0.05, 0.1) is 19.8 Å². The fourth-order valence-electron chi connectivity index (χ4n) is 2.31. The fraction of sp³-hybridized carbons (Fsp3) is 0.533. The number of ether oxygens (including phenoxy) is 2. The van der Waals surface area contributed by atoms with Gasteiger partial charge in [-0.05, 0) is 19.9 Å². The molecule has 110 valence electrons. The third kappa shape index (κ3) is 3.49. The number of hydrogen-bond acceptors (Lipinski definition) is 4. The minimum Gasteiger partial charge on any atom is -0.496 e. The quantitative estimate of drug-likeness (QED) is 0.868. The monoisotopic (exact) mass is 278 g/mol. The molecule has 1 aliphatic rings. The average molecular weight is 278 g/mol. The molecule has 2 N–H and O–H groups in total. The molecule has 0 radical (unpaired) electrons. The van der Waals surface area contributed by atoms with E-state index in [2.05, 4.69) is 10.6 Å². The van der Waals surface area contributed by atoms with Crippen LogP contribution < -0.4 is 15.4 Å². The lowest BCUT2D eigenvalue weighted by atomic mass is 10.0. The molecular weight excluding hydrogens is 256 g/mol. The van der Waals surface area contributed by atoms with Crippen LogP contribution in [0, 0.1) is 6.92 Å². The van der Waals surface area contributed by atoms with E-state index in [4.69, 9.17) is 9.47 Å². The first-order chi connectivity index (χ1) is 9.61. The molecule has 20 heavy (non-hydrogen) atoms. The van der Waals surface area contributed by atoms with E-state index in [1.807, 2.05) is 32.0 Å². The van der Waals surface area contributed by atoms with Crippen LogP contribution in [0.2, 0.25) is 0 Å². The van der Waals surface area contributed by atoms with Crippen molar-refractivity contribution in [2.24, 2.45) is 0 Å². The van der Waals surface area contributed by atoms with Crippen molar-refractivity contribution < 1.29 is 14.3 Å². The summed E-state index contributed by atoms with van der Waals surface area (Å²) in [7, 11) is 1.64. The third-order valence-electron chi connectivity index (χ3n) is 3.43. The van der Waals surface area contributed by atoms with Crippen LogP contribution in [-0.2, 0) is 9.53 Å². The molecule has 1 fully saturated rings. The number of benzene rings is 1. The molecule has 1 aromatic carbocycles. The largest absolute Gasteiger partial charge is 0.496 e. The van der Waals surface area contributed by atoms with Crippen molar-refractivity contribution in [3.63, 3.8) is 0 Å². The van der Waals surface area contributed by atoms with Crippen LogP contribution in [0.25, 0.3) is 0 Å². The highest BCUT2D eigenvalue weighted by molar-refractivity contribution is 5.81. The van der Waals surface area contributed by atoms with Gasteiger partial charge < -0.3 is 20.1 Å². The van der Waals surface area contributed by atoms with Gasteiger partial charge in [0, 0.05) is 18.7 Å². The molecular formula is C15H22N2O3. The molecule has 0 saturated carbocycles. The van der Waals surface area contributed by atoms with Crippen molar-refractivity contribution in [2.45, 2.75) is 26.0 Å². The van der Waals surface area contributed by atoms with E-state index in [0.29, 0.717) is 13.2 Å². The van der Waals surface area contributed by atoms with E-state index in [1.54, 1.807) is 7.11 Å². The van der Waals surface area contributed by atoms with E-state index in [-0.39, 0.29) is 11.9 Å². The van der Waals surface area contributed by atoms with Crippen LogP contribution in [0.3, 0.4) is 0 Å². The summed E-state index contributed by atoms with van der Waals surface area (Å²) < 4.78 is 10.8. The maximum absolute atomic E-state index is 12.1. The van der Waals surface area contributed by atoms with E-state index < -0.39 is 6.10 Å². The predicted molar refractivity (Wildman–Crippen MR) is 76.9 cm³/mol. The van der Waals surface area contributed by atoms with Gasteiger partial charge in [0.25, 0.3) is 5.91 Å². The van der Waals surface area contributed by atoms with E-state index >= 15 is 0 Å². The van der Waals surface area contributed by atoms with Gasteiger partial charge in [-0.3, -0.25) is 4.79 Å². The molecule has 0 spiro atoms. The Morgan fingerprint density at radius 1 is 1.55 bits per heavy atom. The zero-order chi connectivity index (χ0) is 14.5. The highest BCUT2D eigenvalue weighted by Crippen LogP contribution is 2.26. The van der Waals surface area contributed by atoms with Gasteiger partial charge in [-0.15, -0.1) is 0 Å². The Morgan fingerprint density at radius 3 is 3.00 bits per heavy atom. The van der Waals surface area contributed by atoms with Gasteiger partial charge in [0.1, 0.15) is 11.9 Å². The third-order valence-corrected chi connectivity index (χ3v) is 3.43.